The summed E-state index contributed by atoms with van der Waals surface area (Å²) in [6.45, 7) is 15.8. The van der Waals surface area contributed by atoms with E-state index in [1.54, 1.807) is 54.7 Å². The van der Waals surface area contributed by atoms with E-state index in [-0.39, 0.29) is 75.3 Å². The van der Waals surface area contributed by atoms with Crippen LogP contribution in [-0.4, -0.2) is 183 Å². The van der Waals surface area contributed by atoms with E-state index in [4.69, 9.17) is 23.7 Å². The average Bonchev–Trinajstić information content (AvgIpc) is 3.52. The fraction of sp³-hybridized carbons (Fsp3) is 0.852. The van der Waals surface area contributed by atoms with Crippen molar-refractivity contribution in [1.82, 2.24) is 9.80 Å². The minimum atomic E-state index is -1.97. The van der Waals surface area contributed by atoms with Gasteiger partial charge in [0.15, 0.2) is 23.8 Å². The van der Waals surface area contributed by atoms with E-state index >= 15 is 4.39 Å². The molecule has 2 saturated heterocycles. The molecule has 17 nitrogen and oxygen atoms in total. The van der Waals surface area contributed by atoms with Gasteiger partial charge in [0.05, 0.1) is 54.7 Å². The lowest BCUT2D eigenvalue weighted by Gasteiger charge is -2.59. The summed E-state index contributed by atoms with van der Waals surface area (Å²) in [6.07, 6.45) is -4.51. The quantitative estimate of drug-likeness (QED) is 0.0980. The SMILES string of the molecule is CC[C@H]1OC(=O)[C@H](C)[C@@H](O)[C@H](C)[C@@H](O[C@@H]2O[C@H](C)C[C@@H](N(C)C)[C@H]2OC(=O)CCCCOC(=O)[C@@]2(O)[C@H](C)CC3C4C[C@H](F)C5=CC(=O)C=C[C@]5(C)C4[C@@H](O)C[C@@]32C)[C@](C)(O)CCCN(C)[C@H](C)[C@@H](O)[C@@H]1O. The summed E-state index contributed by atoms with van der Waals surface area (Å²) in [4.78, 5) is 57.4. The number of ether oxygens (including phenoxy) is 5. The summed E-state index contributed by atoms with van der Waals surface area (Å²) >= 11 is 0. The van der Waals surface area contributed by atoms with E-state index < -0.39 is 131 Å². The third-order valence-electron chi connectivity index (χ3n) is 18.5. The Balaban J connectivity index is 1.11. The van der Waals surface area contributed by atoms with Gasteiger partial charge in [0.2, 0.25) is 0 Å². The van der Waals surface area contributed by atoms with Gasteiger partial charge in [0, 0.05) is 35.1 Å². The van der Waals surface area contributed by atoms with Crippen LogP contribution in [0.2, 0.25) is 0 Å². The van der Waals surface area contributed by atoms with Crippen LogP contribution in [0.4, 0.5) is 4.39 Å². The first-order chi connectivity index (χ1) is 33.5. The molecule has 6 aliphatic rings. The smallest absolute Gasteiger partial charge is 0.338 e. The van der Waals surface area contributed by atoms with Crippen molar-refractivity contribution in [3.63, 3.8) is 0 Å². The number of hydrogen-bond donors (Lipinski definition) is 6. The first kappa shape index (κ1) is 58.4. The molecule has 0 aromatic heterocycles. The van der Waals surface area contributed by atoms with Crippen LogP contribution in [0, 0.1) is 46.3 Å². The number of unbranched alkanes of at least 4 members (excludes halogenated alkanes) is 1. The van der Waals surface area contributed by atoms with Gasteiger partial charge in [0.25, 0.3) is 0 Å². The molecule has 2 heterocycles. The maximum Gasteiger partial charge on any atom is 0.338 e. The monoisotopic (exact) mass is 1020 g/mol. The maximum atomic E-state index is 15.9. The molecule has 22 atom stereocenters. The molecule has 2 aliphatic heterocycles. The number of hydrogen-bond acceptors (Lipinski definition) is 17. The molecule has 18 heteroatoms. The summed E-state index contributed by atoms with van der Waals surface area (Å²) < 4.78 is 46.7. The van der Waals surface area contributed by atoms with Crippen LogP contribution in [0.3, 0.4) is 0 Å². The summed E-state index contributed by atoms with van der Waals surface area (Å²) in [5.74, 6) is -6.17. The Kier molecular flexibility index (Phi) is 18.4. The van der Waals surface area contributed by atoms with Crippen molar-refractivity contribution in [2.75, 3.05) is 34.3 Å². The minimum absolute atomic E-state index is 0.0736. The van der Waals surface area contributed by atoms with Gasteiger partial charge >= 0.3 is 17.9 Å². The number of fused-ring (bicyclic) bond motifs is 5. The number of nitrogens with zero attached hydrogens (tertiary/aromatic N) is 2. The molecular formula is C54H87FN2O15. The lowest BCUT2D eigenvalue weighted by molar-refractivity contribution is -0.301. The molecule has 0 spiro atoms. The van der Waals surface area contributed by atoms with Crippen LogP contribution < -0.4 is 0 Å². The van der Waals surface area contributed by atoms with Gasteiger partial charge in [-0.1, -0.05) is 40.7 Å². The Morgan fingerprint density at radius 2 is 1.64 bits per heavy atom. The van der Waals surface area contributed by atoms with Gasteiger partial charge in [-0.2, -0.15) is 0 Å². The third kappa shape index (κ3) is 11.2. The lowest BCUT2D eigenvalue weighted by atomic mass is 9.46. The van der Waals surface area contributed by atoms with Crippen molar-refractivity contribution < 1.29 is 77.9 Å². The molecular weight excluding hydrogens is 936 g/mol. The van der Waals surface area contributed by atoms with Crippen LogP contribution in [-0.2, 0) is 42.9 Å². The molecule has 0 aromatic carbocycles. The van der Waals surface area contributed by atoms with E-state index in [0.29, 0.717) is 31.4 Å². The van der Waals surface area contributed by atoms with E-state index in [2.05, 4.69) is 0 Å². The van der Waals surface area contributed by atoms with Gasteiger partial charge < -0.3 is 64.1 Å². The van der Waals surface area contributed by atoms with Gasteiger partial charge in [-0.3, -0.25) is 14.4 Å². The zero-order valence-corrected chi connectivity index (χ0v) is 44.7. The lowest BCUT2D eigenvalue weighted by Crippen LogP contribution is -2.63. The van der Waals surface area contributed by atoms with Crippen molar-refractivity contribution >= 4 is 23.7 Å². The highest BCUT2D eigenvalue weighted by molar-refractivity contribution is 6.01. The highest BCUT2D eigenvalue weighted by Gasteiger charge is 2.72. The van der Waals surface area contributed by atoms with Crippen LogP contribution in [0.25, 0.3) is 0 Å². The highest BCUT2D eigenvalue weighted by Crippen LogP contribution is 2.68. The Morgan fingerprint density at radius 3 is 2.29 bits per heavy atom. The number of cyclic esters (lactones) is 1. The van der Waals surface area contributed by atoms with Crippen LogP contribution in [0.5, 0.6) is 0 Å². The Morgan fingerprint density at radius 1 is 0.958 bits per heavy atom. The topological polar surface area (TPSA) is 242 Å². The van der Waals surface area contributed by atoms with Crippen LogP contribution in [0.15, 0.2) is 23.8 Å². The average molecular weight is 1020 g/mol. The Hall–Kier alpha value is -2.91. The second kappa shape index (κ2) is 22.7. The summed E-state index contributed by atoms with van der Waals surface area (Å²) in [5, 5.41) is 70.4. The molecule has 0 amide bonds. The number of rotatable bonds is 11. The third-order valence-corrected chi connectivity index (χ3v) is 18.5. The van der Waals surface area contributed by atoms with Crippen LogP contribution in [0.1, 0.15) is 127 Å². The van der Waals surface area contributed by atoms with E-state index in [1.807, 2.05) is 37.7 Å². The first-order valence-electron chi connectivity index (χ1n) is 26.6. The van der Waals surface area contributed by atoms with E-state index in [9.17, 15) is 49.8 Å². The number of likely N-dealkylation sites (N-methyl/N-ethyl adjacent to an activating group) is 2. The van der Waals surface area contributed by atoms with Crippen molar-refractivity contribution in [2.24, 2.45) is 46.3 Å². The molecule has 5 fully saturated rings. The number of aliphatic hydroxyl groups is 6. The molecule has 0 aromatic rings. The molecule has 3 saturated carbocycles. The molecule has 6 N–H and O–H groups in total. The van der Waals surface area contributed by atoms with E-state index in [1.165, 1.54) is 19.1 Å². The molecule has 410 valence electrons. The molecule has 0 bridgehead atoms. The van der Waals surface area contributed by atoms with Gasteiger partial charge in [0.1, 0.15) is 18.4 Å². The van der Waals surface area contributed by atoms with Crippen molar-refractivity contribution in [1.29, 1.82) is 0 Å². The summed E-state index contributed by atoms with van der Waals surface area (Å²) in [7, 11) is 5.47. The van der Waals surface area contributed by atoms with Gasteiger partial charge in [-0.15, -0.1) is 0 Å². The predicted octanol–water partition coefficient (Wildman–Crippen LogP) is 3.81. The fourth-order valence-corrected chi connectivity index (χ4v) is 13.9. The number of ketones is 1. The normalized spacial score (nSPS) is 46.5. The second-order valence-corrected chi connectivity index (χ2v) is 23.6. The van der Waals surface area contributed by atoms with E-state index in [0.717, 1.165) is 0 Å². The standard InChI is InChI=1S/C54H87FN2O15/c1-13-40-45(63)44(62)32(6)57(12)21-16-19-53(9,66)47(30(4)43(61)31(5)48(64)70-40)72-49-46(38(56(10)11)24-29(3)69-49)71-41(60)17-14-15-22-68-50(65)54(67)28(2)23-35-34-26-37(55)36-25-33(58)18-20-51(36,7)42(34)39(59)27-52(35,54)8/h18,20,25,28-32,34-35,37-40,42-47,49,59,61-63,66-67H,13-17,19,21-24,26-27H2,1-12H3/t28-,29-,30+,31-,32-,34?,35?,37+,38-,39+,40-,42?,43+,44-,45-,46-,47-,49+,51+,52+,53-,54+/m1/s1. The molecule has 72 heavy (non-hydrogen) atoms. The number of esters is 3. The summed E-state index contributed by atoms with van der Waals surface area (Å²) in [6, 6.07) is -0.939. The molecule has 3 unspecified atom stereocenters. The van der Waals surface area contributed by atoms with Crippen molar-refractivity contribution in [2.45, 2.75) is 211 Å². The number of aliphatic hydroxyl groups excluding tert-OH is 4. The molecule has 6 rings (SSSR count). The zero-order valence-electron chi connectivity index (χ0n) is 44.7. The minimum Gasteiger partial charge on any atom is -0.464 e. The number of halogens is 1. The number of carbonyl (C=O) groups excluding carboxylic acids is 4. The maximum absolute atomic E-state index is 15.9. The Labute approximate surface area is 425 Å². The second-order valence-electron chi connectivity index (χ2n) is 23.6. The summed E-state index contributed by atoms with van der Waals surface area (Å²) in [5.41, 5.74) is -5.24. The van der Waals surface area contributed by atoms with Crippen molar-refractivity contribution in [3.05, 3.63) is 23.8 Å². The number of allylic oxidation sites excluding steroid dienone is 4. The highest BCUT2D eigenvalue weighted by atomic mass is 19.1. The van der Waals surface area contributed by atoms with Crippen LogP contribution >= 0.6 is 0 Å². The van der Waals surface area contributed by atoms with Crippen molar-refractivity contribution in [3.8, 4) is 0 Å². The van der Waals surface area contributed by atoms with Gasteiger partial charge in [-0.05, 0) is 149 Å². The molecule has 0 radical (unpaired) electrons. The van der Waals surface area contributed by atoms with Gasteiger partial charge in [-0.25, -0.2) is 9.18 Å². The predicted molar refractivity (Wildman–Crippen MR) is 262 cm³/mol. The Bertz CT molecular complexity index is 2000. The number of alkyl halides is 1. The first-order valence-corrected chi connectivity index (χ1v) is 26.6. The largest absolute Gasteiger partial charge is 0.464 e. The fourth-order valence-electron chi connectivity index (χ4n) is 13.9. The number of carbonyl (C=O) groups is 4. The zero-order chi connectivity index (χ0) is 53.6. The molecule has 4 aliphatic carbocycles.